The Hall–Kier alpha value is -4.28. The summed E-state index contributed by atoms with van der Waals surface area (Å²) in [4.78, 5) is 53.9. The lowest BCUT2D eigenvalue weighted by molar-refractivity contribution is -0.156. The maximum absolute atomic E-state index is 13.3. The molecule has 2 unspecified atom stereocenters. The van der Waals surface area contributed by atoms with Crippen molar-refractivity contribution in [3.63, 3.8) is 0 Å². The molecule has 4 heterocycles. The molecule has 2 amide bonds. The molecular weight excluding hydrogens is 516 g/mol. The molecule has 2 aromatic rings. The van der Waals surface area contributed by atoms with Crippen molar-refractivity contribution in [2.75, 3.05) is 49.3 Å². The van der Waals surface area contributed by atoms with E-state index in [9.17, 15) is 19.2 Å². The van der Waals surface area contributed by atoms with Crippen molar-refractivity contribution in [2.24, 2.45) is 0 Å². The highest BCUT2D eigenvalue weighted by atomic mass is 16.6. The van der Waals surface area contributed by atoms with Gasteiger partial charge in [-0.15, -0.1) is 0 Å². The van der Waals surface area contributed by atoms with E-state index < -0.39 is 23.1 Å². The number of nitrogens with zero attached hydrogens (tertiary/aromatic N) is 2. The van der Waals surface area contributed by atoms with Crippen molar-refractivity contribution in [3.8, 4) is 0 Å². The van der Waals surface area contributed by atoms with E-state index in [1.54, 1.807) is 21.9 Å². The molecule has 2 saturated heterocycles. The first-order chi connectivity index (χ1) is 19.3. The van der Waals surface area contributed by atoms with Crippen molar-refractivity contribution in [2.45, 2.75) is 24.0 Å². The summed E-state index contributed by atoms with van der Waals surface area (Å²) in [6.07, 6.45) is 0.268. The van der Waals surface area contributed by atoms with Crippen LogP contribution in [0.1, 0.15) is 24.0 Å². The number of anilines is 2. The zero-order valence-electron chi connectivity index (χ0n) is 21.9. The van der Waals surface area contributed by atoms with E-state index in [0.29, 0.717) is 22.5 Å². The lowest BCUT2D eigenvalue weighted by atomic mass is 9.91. The average molecular weight is 545 g/mol. The van der Waals surface area contributed by atoms with Crippen LogP contribution in [0.4, 0.5) is 11.4 Å². The van der Waals surface area contributed by atoms with Gasteiger partial charge in [-0.05, 0) is 12.1 Å². The number of carbonyl (C=O) groups is 4. The Morgan fingerprint density at radius 2 is 1.05 bits per heavy atom. The van der Waals surface area contributed by atoms with Gasteiger partial charge in [0.25, 0.3) is 11.8 Å². The average Bonchev–Trinajstić information content (AvgIpc) is 3.58. The zero-order valence-corrected chi connectivity index (χ0v) is 21.9. The SMILES string of the molecule is C=C1CC2(OC1=O)C(=O)N(CCOCCOCCN1C(=O)C3(CC(=C)C(=O)O3)c3ccccc31)c1ccccc12. The van der Waals surface area contributed by atoms with Crippen LogP contribution in [0, 0.1) is 0 Å². The van der Waals surface area contributed by atoms with Crippen molar-refractivity contribution in [3.05, 3.63) is 84.0 Å². The van der Waals surface area contributed by atoms with Crippen molar-refractivity contribution in [1.82, 2.24) is 0 Å². The van der Waals surface area contributed by atoms with Crippen LogP contribution in [0.5, 0.6) is 0 Å². The van der Waals surface area contributed by atoms with Gasteiger partial charge in [-0.2, -0.15) is 0 Å². The Bertz CT molecular complexity index is 1320. The summed E-state index contributed by atoms with van der Waals surface area (Å²) in [6, 6.07) is 14.5. The summed E-state index contributed by atoms with van der Waals surface area (Å²) < 4.78 is 22.5. The maximum Gasteiger partial charge on any atom is 0.335 e. The third-order valence-corrected chi connectivity index (χ3v) is 7.77. The number of para-hydroxylation sites is 2. The first-order valence-corrected chi connectivity index (χ1v) is 13.1. The topological polar surface area (TPSA) is 112 Å². The third-order valence-electron chi connectivity index (χ3n) is 7.77. The molecular formula is C30H28N2O8. The van der Waals surface area contributed by atoms with E-state index in [-0.39, 0.29) is 75.3 Å². The first kappa shape index (κ1) is 26.0. The van der Waals surface area contributed by atoms with Gasteiger partial charge in [0.1, 0.15) is 0 Å². The molecule has 0 N–H and O–H groups in total. The predicted molar refractivity (Wildman–Crippen MR) is 142 cm³/mol. The first-order valence-electron chi connectivity index (χ1n) is 13.1. The second kappa shape index (κ2) is 9.72. The molecule has 0 aromatic heterocycles. The van der Waals surface area contributed by atoms with Gasteiger partial charge in [-0.3, -0.25) is 9.59 Å². The second-order valence-corrected chi connectivity index (χ2v) is 10.2. The van der Waals surface area contributed by atoms with Crippen LogP contribution >= 0.6 is 0 Å². The quantitative estimate of drug-likeness (QED) is 0.269. The summed E-state index contributed by atoms with van der Waals surface area (Å²) >= 11 is 0. The Morgan fingerprint density at radius 1 is 0.650 bits per heavy atom. The fourth-order valence-electron chi connectivity index (χ4n) is 5.88. The summed E-state index contributed by atoms with van der Waals surface area (Å²) in [7, 11) is 0. The highest BCUT2D eigenvalue weighted by Gasteiger charge is 2.59. The number of hydrogen-bond donors (Lipinski definition) is 0. The van der Waals surface area contributed by atoms with E-state index in [1.807, 2.05) is 36.4 Å². The highest BCUT2D eigenvalue weighted by Crippen LogP contribution is 2.50. The molecule has 2 aromatic carbocycles. The van der Waals surface area contributed by atoms with E-state index in [4.69, 9.17) is 18.9 Å². The predicted octanol–water partition coefficient (Wildman–Crippen LogP) is 2.51. The molecule has 0 radical (unpaired) electrons. The number of rotatable bonds is 9. The zero-order chi connectivity index (χ0) is 28.1. The van der Waals surface area contributed by atoms with Gasteiger partial charge in [0.15, 0.2) is 0 Å². The van der Waals surface area contributed by atoms with Crippen molar-refractivity contribution < 1.29 is 38.1 Å². The number of benzene rings is 2. The van der Waals surface area contributed by atoms with Crippen LogP contribution < -0.4 is 9.80 Å². The van der Waals surface area contributed by atoms with Crippen LogP contribution in [-0.4, -0.2) is 63.3 Å². The molecule has 4 aliphatic heterocycles. The van der Waals surface area contributed by atoms with Crippen LogP contribution in [0.15, 0.2) is 72.8 Å². The summed E-state index contributed by atoms with van der Waals surface area (Å²) in [5.74, 6) is -1.71. The third kappa shape index (κ3) is 3.86. The van der Waals surface area contributed by atoms with E-state index in [1.165, 1.54) is 0 Å². The molecule has 0 aliphatic carbocycles. The summed E-state index contributed by atoms with van der Waals surface area (Å²) in [5.41, 5.74) is 0.576. The van der Waals surface area contributed by atoms with E-state index in [2.05, 4.69) is 13.2 Å². The molecule has 0 bridgehead atoms. The molecule has 40 heavy (non-hydrogen) atoms. The standard InChI is InChI=1S/C30H28N2O8/c1-19-17-29(39-25(19)33)21-7-3-5-9-23(21)31(27(29)35)11-13-37-15-16-38-14-12-32-24-10-6-4-8-22(24)30(28(32)36)18-20(2)26(34)40-30/h3-10H,1-2,11-18H2. The van der Waals surface area contributed by atoms with Crippen molar-refractivity contribution >= 4 is 35.1 Å². The number of hydrogen-bond acceptors (Lipinski definition) is 8. The van der Waals surface area contributed by atoms with Gasteiger partial charge >= 0.3 is 11.9 Å². The van der Waals surface area contributed by atoms with Crippen LogP contribution in [0.25, 0.3) is 0 Å². The monoisotopic (exact) mass is 544 g/mol. The van der Waals surface area contributed by atoms with Gasteiger partial charge in [-0.1, -0.05) is 49.6 Å². The molecule has 4 aliphatic rings. The molecule has 10 nitrogen and oxygen atoms in total. The number of ether oxygens (including phenoxy) is 4. The number of carbonyl (C=O) groups excluding carboxylic acids is 4. The Balaban J connectivity index is 0.981. The number of esters is 2. The minimum absolute atomic E-state index is 0.134. The largest absolute Gasteiger partial charge is 0.440 e. The second-order valence-electron chi connectivity index (χ2n) is 10.2. The number of amides is 2. The van der Waals surface area contributed by atoms with E-state index >= 15 is 0 Å². The fraction of sp³-hybridized carbons (Fsp3) is 0.333. The molecule has 2 spiro atoms. The van der Waals surface area contributed by atoms with Gasteiger partial charge in [0, 0.05) is 48.2 Å². The minimum atomic E-state index is -1.35. The van der Waals surface area contributed by atoms with Gasteiger partial charge in [0.2, 0.25) is 11.2 Å². The molecule has 2 atom stereocenters. The van der Waals surface area contributed by atoms with Gasteiger partial charge in [-0.25, -0.2) is 9.59 Å². The Kier molecular flexibility index (Phi) is 6.31. The van der Waals surface area contributed by atoms with Gasteiger partial charge in [0.05, 0.1) is 37.8 Å². The molecule has 10 heteroatoms. The van der Waals surface area contributed by atoms with Crippen LogP contribution in [0.3, 0.4) is 0 Å². The molecule has 6 rings (SSSR count). The summed E-state index contributed by atoms with van der Waals surface area (Å²) in [5, 5.41) is 0. The maximum atomic E-state index is 13.3. The smallest absolute Gasteiger partial charge is 0.335 e. The lowest BCUT2D eigenvalue weighted by Gasteiger charge is -2.22. The van der Waals surface area contributed by atoms with Crippen LogP contribution in [0.2, 0.25) is 0 Å². The Morgan fingerprint density at radius 3 is 1.43 bits per heavy atom. The molecule has 206 valence electrons. The fourth-order valence-corrected chi connectivity index (χ4v) is 5.88. The summed E-state index contributed by atoms with van der Waals surface area (Å²) in [6.45, 7) is 9.11. The van der Waals surface area contributed by atoms with Gasteiger partial charge < -0.3 is 28.7 Å². The highest BCUT2D eigenvalue weighted by molar-refractivity contribution is 6.12. The molecule has 2 fully saturated rings. The lowest BCUT2D eigenvalue weighted by Crippen LogP contribution is -2.41. The minimum Gasteiger partial charge on any atom is -0.440 e. The normalized spacial score (nSPS) is 24.9. The van der Waals surface area contributed by atoms with Crippen molar-refractivity contribution in [1.29, 1.82) is 0 Å². The molecule has 0 saturated carbocycles. The Labute approximate surface area is 230 Å². The number of fused-ring (bicyclic) bond motifs is 4. The van der Waals surface area contributed by atoms with E-state index in [0.717, 1.165) is 0 Å². The van der Waals surface area contributed by atoms with Crippen LogP contribution in [-0.2, 0) is 49.3 Å².